The van der Waals surface area contributed by atoms with Crippen LogP contribution in [-0.2, 0) is 65.4 Å². The molecule has 0 aromatic carbocycles. The second kappa shape index (κ2) is 63.5. The molecule has 0 amide bonds. The lowest BCUT2D eigenvalue weighted by Gasteiger charge is -2.21. The summed E-state index contributed by atoms with van der Waals surface area (Å²) in [4.78, 5) is 72.6. The molecule has 0 saturated carbocycles. The van der Waals surface area contributed by atoms with Crippen molar-refractivity contribution < 1.29 is 80.2 Å². The zero-order valence-electron chi connectivity index (χ0n) is 60.9. The molecule has 0 aromatic heterocycles. The lowest BCUT2D eigenvalue weighted by Crippen LogP contribution is -2.30. The van der Waals surface area contributed by atoms with Crippen molar-refractivity contribution in [1.29, 1.82) is 0 Å². The third-order valence-electron chi connectivity index (χ3n) is 17.4. The number of phosphoric acid groups is 2. The van der Waals surface area contributed by atoms with Crippen LogP contribution in [0.3, 0.4) is 0 Å². The van der Waals surface area contributed by atoms with Crippen molar-refractivity contribution in [2.45, 2.75) is 388 Å². The average molecular weight is 1370 g/mol. The molecule has 0 fully saturated rings. The fourth-order valence-corrected chi connectivity index (χ4v) is 12.7. The Balaban J connectivity index is 5.14. The number of hydrogen-bond acceptors (Lipinski definition) is 15. The van der Waals surface area contributed by atoms with Gasteiger partial charge in [0.1, 0.15) is 19.3 Å². The van der Waals surface area contributed by atoms with E-state index in [0.29, 0.717) is 31.6 Å². The monoisotopic (exact) mass is 1370 g/mol. The molecule has 19 heteroatoms. The summed E-state index contributed by atoms with van der Waals surface area (Å²) in [6.45, 7) is 14.1. The minimum atomic E-state index is -4.95. The van der Waals surface area contributed by atoms with E-state index in [0.717, 1.165) is 114 Å². The van der Waals surface area contributed by atoms with Gasteiger partial charge in [0.15, 0.2) is 12.2 Å². The Kier molecular flexibility index (Phi) is 62.2. The van der Waals surface area contributed by atoms with Crippen molar-refractivity contribution >= 4 is 39.5 Å². The van der Waals surface area contributed by atoms with Gasteiger partial charge in [-0.05, 0) is 49.4 Å². The molecule has 0 aliphatic heterocycles. The van der Waals surface area contributed by atoms with Gasteiger partial charge in [-0.1, -0.05) is 319 Å². The van der Waals surface area contributed by atoms with E-state index in [1.807, 2.05) is 0 Å². The van der Waals surface area contributed by atoms with Crippen LogP contribution in [0, 0.1) is 23.7 Å². The normalized spacial score (nSPS) is 14.5. The predicted octanol–water partition coefficient (Wildman–Crippen LogP) is 21.3. The lowest BCUT2D eigenvalue weighted by molar-refractivity contribution is -0.161. The van der Waals surface area contributed by atoms with Crippen molar-refractivity contribution in [2.24, 2.45) is 23.7 Å². The molecule has 17 nitrogen and oxygen atoms in total. The van der Waals surface area contributed by atoms with Gasteiger partial charge < -0.3 is 33.8 Å². The molecule has 0 saturated heterocycles. The summed E-state index contributed by atoms with van der Waals surface area (Å²) in [6, 6.07) is 0. The minimum Gasteiger partial charge on any atom is -0.462 e. The summed E-state index contributed by atoms with van der Waals surface area (Å²) < 4.78 is 68.3. The number of esters is 4. The van der Waals surface area contributed by atoms with Crippen LogP contribution in [0.5, 0.6) is 0 Å². The van der Waals surface area contributed by atoms with Gasteiger partial charge in [-0.15, -0.1) is 0 Å². The lowest BCUT2D eigenvalue weighted by atomic mass is 9.99. The number of carbonyl (C=O) groups excluding carboxylic acids is 4. The largest absolute Gasteiger partial charge is 0.472 e. The Bertz CT molecular complexity index is 1840. The van der Waals surface area contributed by atoms with E-state index in [9.17, 15) is 43.2 Å². The van der Waals surface area contributed by atoms with Crippen molar-refractivity contribution in [3.05, 3.63) is 0 Å². The van der Waals surface area contributed by atoms with E-state index in [-0.39, 0.29) is 25.7 Å². The minimum absolute atomic E-state index is 0.103. The maximum atomic E-state index is 13.0. The van der Waals surface area contributed by atoms with Gasteiger partial charge in [0.05, 0.1) is 26.4 Å². The smallest absolute Gasteiger partial charge is 0.462 e. The number of aliphatic hydroxyl groups excluding tert-OH is 1. The molecule has 552 valence electrons. The van der Waals surface area contributed by atoms with Crippen LogP contribution in [0.15, 0.2) is 0 Å². The third kappa shape index (κ3) is 67.0. The maximum absolute atomic E-state index is 13.0. The second-order valence-electron chi connectivity index (χ2n) is 28.4. The summed E-state index contributed by atoms with van der Waals surface area (Å²) in [5.74, 6) is 0.866. The summed E-state index contributed by atoms with van der Waals surface area (Å²) in [6.07, 6.45) is 47.6. The van der Waals surface area contributed by atoms with Crippen molar-refractivity contribution in [3.8, 4) is 0 Å². The van der Waals surface area contributed by atoms with Crippen LogP contribution < -0.4 is 0 Å². The molecule has 0 aliphatic rings. The highest BCUT2D eigenvalue weighted by Gasteiger charge is 2.30. The van der Waals surface area contributed by atoms with E-state index >= 15 is 0 Å². The number of unbranched alkanes of at least 4 members (excludes halogenated alkanes) is 36. The molecule has 0 bridgehead atoms. The standard InChI is InChI=1S/C74H144O17P2/c1-9-67(8)53-45-37-28-20-18-16-14-12-10-11-13-15-17-19-21-30-40-48-56-73(78)90-70(61-85-72(77)55-47-39-33-32-36-44-52-66(6)7)63-89-93(82,83)87-59-68(75)58-86-92(80,81)88-62-69(91-74(79)57-49-41-31-25-23-27-35-43-51-65(4)5)60-84-71(76)54-46-38-29-24-22-26-34-42-50-64(2)3/h64-70,75H,9-63H2,1-8H3,(H,80,81)(H,82,83)/t67?,68-,69-,70-/m1/s1. The van der Waals surface area contributed by atoms with E-state index in [4.69, 9.17) is 37.0 Å². The van der Waals surface area contributed by atoms with Gasteiger partial charge >= 0.3 is 39.5 Å². The van der Waals surface area contributed by atoms with Crippen LogP contribution in [0.2, 0.25) is 0 Å². The molecule has 0 radical (unpaired) electrons. The molecular formula is C74H144O17P2. The Morgan fingerprint density at radius 3 is 0.763 bits per heavy atom. The highest BCUT2D eigenvalue weighted by Crippen LogP contribution is 2.45. The van der Waals surface area contributed by atoms with Crippen LogP contribution in [0.4, 0.5) is 0 Å². The van der Waals surface area contributed by atoms with Gasteiger partial charge in [-0.3, -0.25) is 37.3 Å². The molecule has 3 N–H and O–H groups in total. The van der Waals surface area contributed by atoms with Crippen LogP contribution in [-0.4, -0.2) is 96.7 Å². The van der Waals surface area contributed by atoms with Gasteiger partial charge in [-0.2, -0.15) is 0 Å². The van der Waals surface area contributed by atoms with Crippen molar-refractivity contribution in [3.63, 3.8) is 0 Å². The van der Waals surface area contributed by atoms with E-state index in [1.165, 1.54) is 167 Å². The summed E-state index contributed by atoms with van der Waals surface area (Å²) in [5.41, 5.74) is 0. The summed E-state index contributed by atoms with van der Waals surface area (Å²) in [5, 5.41) is 10.6. The Hall–Kier alpha value is -1.94. The number of aliphatic hydroxyl groups is 1. The summed E-state index contributed by atoms with van der Waals surface area (Å²) in [7, 11) is -9.91. The molecule has 0 rings (SSSR count). The average Bonchev–Trinajstić information content (AvgIpc) is 2.06. The van der Waals surface area contributed by atoms with Crippen LogP contribution in [0.1, 0.15) is 370 Å². The highest BCUT2D eigenvalue weighted by molar-refractivity contribution is 7.47. The SMILES string of the molecule is CCC(C)CCCCCCCCCCCCCCCCCCCCC(=O)O[C@H](COC(=O)CCCCCCCCC(C)C)COP(=O)(O)OC[C@H](O)COP(=O)(O)OC[C@@H](COC(=O)CCCCCCCCCCC(C)C)OC(=O)CCCCCCCCCCC(C)C. The first-order valence-corrected chi connectivity index (χ1v) is 41.2. The molecule has 0 aliphatic carbocycles. The molecule has 0 aromatic rings. The Morgan fingerprint density at radius 1 is 0.301 bits per heavy atom. The Morgan fingerprint density at radius 2 is 0.516 bits per heavy atom. The first-order chi connectivity index (χ1) is 44.6. The maximum Gasteiger partial charge on any atom is 0.472 e. The van der Waals surface area contributed by atoms with Crippen molar-refractivity contribution in [1.82, 2.24) is 0 Å². The molecular weight excluding hydrogens is 1220 g/mol. The zero-order chi connectivity index (χ0) is 68.9. The van der Waals surface area contributed by atoms with E-state index in [2.05, 4.69) is 55.4 Å². The number of ether oxygens (including phenoxy) is 4. The number of hydrogen-bond donors (Lipinski definition) is 3. The predicted molar refractivity (Wildman–Crippen MR) is 377 cm³/mol. The third-order valence-corrected chi connectivity index (χ3v) is 19.3. The number of rotatable bonds is 71. The first-order valence-electron chi connectivity index (χ1n) is 38.2. The second-order valence-corrected chi connectivity index (χ2v) is 31.3. The molecule has 0 heterocycles. The van der Waals surface area contributed by atoms with Gasteiger partial charge in [-0.25, -0.2) is 9.13 Å². The summed E-state index contributed by atoms with van der Waals surface area (Å²) >= 11 is 0. The quantitative estimate of drug-likeness (QED) is 0.0222. The first kappa shape index (κ1) is 91.1. The molecule has 6 atom stereocenters. The highest BCUT2D eigenvalue weighted by atomic mass is 31.2. The Labute approximate surface area is 568 Å². The number of phosphoric ester groups is 2. The van der Waals surface area contributed by atoms with E-state index in [1.54, 1.807) is 0 Å². The number of carbonyl (C=O) groups is 4. The fraction of sp³-hybridized carbons (Fsp3) is 0.946. The van der Waals surface area contributed by atoms with Crippen LogP contribution >= 0.6 is 15.6 Å². The topological polar surface area (TPSA) is 237 Å². The van der Waals surface area contributed by atoms with E-state index < -0.39 is 97.5 Å². The molecule has 93 heavy (non-hydrogen) atoms. The zero-order valence-corrected chi connectivity index (χ0v) is 62.7. The van der Waals surface area contributed by atoms with Crippen LogP contribution in [0.25, 0.3) is 0 Å². The fourth-order valence-electron chi connectivity index (χ4n) is 11.2. The molecule has 0 spiro atoms. The molecule has 3 unspecified atom stereocenters. The van der Waals surface area contributed by atoms with Gasteiger partial charge in [0.25, 0.3) is 0 Å². The van der Waals surface area contributed by atoms with Gasteiger partial charge in [0.2, 0.25) is 0 Å². The van der Waals surface area contributed by atoms with Crippen molar-refractivity contribution in [2.75, 3.05) is 39.6 Å². The van der Waals surface area contributed by atoms with Gasteiger partial charge in [0, 0.05) is 25.7 Å².